The Morgan fingerprint density at radius 1 is 0.821 bits per heavy atom. The van der Waals surface area contributed by atoms with Gasteiger partial charge in [-0.25, -0.2) is 4.57 Å². The van der Waals surface area contributed by atoms with Crippen LogP contribution in [-0.4, -0.2) is 32.1 Å². The molecule has 158 valence electrons. The molecule has 2 atom stereocenters. The quantitative estimate of drug-likeness (QED) is 0.219. The molecule has 6 heteroatoms. The second-order valence-electron chi connectivity index (χ2n) is 7.28. The van der Waals surface area contributed by atoms with E-state index in [1.54, 1.807) is 12.1 Å². The van der Waals surface area contributed by atoms with Crippen molar-refractivity contribution >= 4 is 26.7 Å². The molecular weight excluding hydrogens is 366 g/mol. The van der Waals surface area contributed by atoms with Crippen LogP contribution in [0.15, 0.2) is 30.3 Å². The first-order chi connectivity index (χ1) is 13.1. The second-order valence-corrected chi connectivity index (χ2v) is 8.87. The van der Waals surface area contributed by atoms with Crippen molar-refractivity contribution < 1.29 is 18.1 Å². The minimum absolute atomic E-state index is 0. The Morgan fingerprint density at radius 3 is 1.68 bits per heavy atom. The van der Waals surface area contributed by atoms with E-state index in [0.717, 1.165) is 51.4 Å². The normalized spacial score (nSPS) is 15.3. The van der Waals surface area contributed by atoms with E-state index in [1.165, 1.54) is 0 Å². The molecule has 0 bridgehead atoms. The van der Waals surface area contributed by atoms with Crippen LogP contribution < -0.4 is 4.52 Å². The molecule has 28 heavy (non-hydrogen) atoms. The number of phosphoric ester groups is 1. The molecule has 2 unspecified atom stereocenters. The summed E-state index contributed by atoms with van der Waals surface area (Å²) in [4.78, 5) is 0. The summed E-state index contributed by atoms with van der Waals surface area (Å²) in [6.45, 7) is 9.47. The number of para-hydroxylation sites is 1. The third kappa shape index (κ3) is 11.7. The summed E-state index contributed by atoms with van der Waals surface area (Å²) in [7, 11) is -3.64. The third-order valence-electron chi connectivity index (χ3n) is 4.98. The number of phosphoric acid groups is 1. The van der Waals surface area contributed by atoms with E-state index in [2.05, 4.69) is 27.7 Å². The third-order valence-corrected chi connectivity index (χ3v) is 6.35. The Hall–Kier alpha value is -0.233. The van der Waals surface area contributed by atoms with Crippen LogP contribution in [-0.2, 0) is 13.6 Å². The fraction of sp³-hybridized carbons (Fsp3) is 0.727. The molecule has 0 amide bonds. The molecule has 1 aromatic carbocycles. The summed E-state index contributed by atoms with van der Waals surface area (Å²) in [6, 6.07) is 9.16. The van der Waals surface area contributed by atoms with E-state index in [-0.39, 0.29) is 18.9 Å². The molecule has 1 rings (SSSR count). The molecule has 0 saturated carbocycles. The molecule has 0 spiro atoms. The zero-order chi connectivity index (χ0) is 20.0. The average molecular weight is 406 g/mol. The maximum absolute atomic E-state index is 13.3. The summed E-state index contributed by atoms with van der Waals surface area (Å²) >= 11 is 0. The Morgan fingerprint density at radius 2 is 1.29 bits per heavy atom. The van der Waals surface area contributed by atoms with Gasteiger partial charge in [0.15, 0.2) is 0 Å². The summed E-state index contributed by atoms with van der Waals surface area (Å²) in [5.41, 5.74) is 0. The topological polar surface area (TPSA) is 44.8 Å². The fourth-order valence-corrected chi connectivity index (χ4v) is 4.24. The van der Waals surface area contributed by atoms with Gasteiger partial charge in [0.2, 0.25) is 0 Å². The first-order valence-electron chi connectivity index (χ1n) is 10.7. The van der Waals surface area contributed by atoms with Crippen molar-refractivity contribution in [3.63, 3.8) is 0 Å². The van der Waals surface area contributed by atoms with Gasteiger partial charge in [0, 0.05) is 0 Å². The van der Waals surface area contributed by atoms with E-state index in [0.29, 0.717) is 30.8 Å². The van der Waals surface area contributed by atoms with Gasteiger partial charge in [-0.3, -0.25) is 9.05 Å². The van der Waals surface area contributed by atoms with E-state index < -0.39 is 7.82 Å². The molecule has 0 fully saturated rings. The van der Waals surface area contributed by atoms with E-state index in [4.69, 9.17) is 13.6 Å². The maximum atomic E-state index is 13.3. The van der Waals surface area contributed by atoms with E-state index >= 15 is 0 Å². The molecule has 0 aromatic heterocycles. The number of hydrogen-bond donors (Lipinski definition) is 0. The zero-order valence-electron chi connectivity index (χ0n) is 17.7. The van der Waals surface area contributed by atoms with Gasteiger partial charge in [-0.1, -0.05) is 84.4 Å². The van der Waals surface area contributed by atoms with Gasteiger partial charge in [-0.05, 0) is 36.8 Å². The van der Waals surface area contributed by atoms with Gasteiger partial charge in [0.25, 0.3) is 0 Å². The van der Waals surface area contributed by atoms with E-state index in [9.17, 15) is 4.57 Å². The van der Waals surface area contributed by atoms with Crippen LogP contribution in [0.1, 0.15) is 79.1 Å². The van der Waals surface area contributed by atoms with Crippen LogP contribution in [0.2, 0.25) is 0 Å². The summed E-state index contributed by atoms with van der Waals surface area (Å²) in [5, 5.41) is 0. The Bertz CT molecular complexity index is 503. The standard InChI is InChI=1S/C22H39O4P.Li.H/c1-5-9-14-20(7-3)18-24-27(23,26-22-16-12-11-13-17-22)25-19-21(8-4)15-10-6-2;;/h11-13,16-17,20-21H,5-10,14-15,18-19H2,1-4H3;;. The van der Waals surface area contributed by atoms with Crippen LogP contribution >= 0.6 is 7.82 Å². The van der Waals surface area contributed by atoms with Gasteiger partial charge < -0.3 is 4.52 Å². The summed E-state index contributed by atoms with van der Waals surface area (Å²) < 4.78 is 30.6. The molecular formula is C22H40LiO4P. The van der Waals surface area contributed by atoms with Crippen molar-refractivity contribution in [1.82, 2.24) is 0 Å². The van der Waals surface area contributed by atoms with Gasteiger partial charge in [0.05, 0.1) is 13.2 Å². The number of benzene rings is 1. The van der Waals surface area contributed by atoms with Gasteiger partial charge in [-0.15, -0.1) is 0 Å². The molecule has 0 N–H and O–H groups in total. The molecule has 0 aliphatic heterocycles. The summed E-state index contributed by atoms with van der Waals surface area (Å²) in [5.74, 6) is 1.27. The Kier molecular flexibility index (Phi) is 16.4. The van der Waals surface area contributed by atoms with Gasteiger partial charge in [-0.2, -0.15) is 0 Å². The van der Waals surface area contributed by atoms with Crippen LogP contribution in [0.3, 0.4) is 0 Å². The predicted molar refractivity (Wildman–Crippen MR) is 120 cm³/mol. The van der Waals surface area contributed by atoms with Crippen LogP contribution in [0.4, 0.5) is 0 Å². The SMILES string of the molecule is CCCCC(CC)COP(=O)(OCC(CC)CCCC)Oc1ccccc1.[LiH]. The van der Waals surface area contributed by atoms with Crippen molar-refractivity contribution in [1.29, 1.82) is 0 Å². The predicted octanol–water partition coefficient (Wildman–Crippen LogP) is 6.99. The van der Waals surface area contributed by atoms with Gasteiger partial charge in [0.1, 0.15) is 5.75 Å². The second kappa shape index (κ2) is 16.6. The number of hydrogen-bond acceptors (Lipinski definition) is 4. The Balaban J connectivity index is 0.00000729. The molecule has 4 nitrogen and oxygen atoms in total. The van der Waals surface area contributed by atoms with Crippen molar-refractivity contribution in [3.8, 4) is 5.75 Å². The number of rotatable bonds is 16. The monoisotopic (exact) mass is 406 g/mol. The van der Waals surface area contributed by atoms with Crippen molar-refractivity contribution in [3.05, 3.63) is 30.3 Å². The number of unbranched alkanes of at least 4 members (excludes halogenated alkanes) is 2. The van der Waals surface area contributed by atoms with Crippen molar-refractivity contribution in [2.75, 3.05) is 13.2 Å². The van der Waals surface area contributed by atoms with Crippen LogP contribution in [0, 0.1) is 11.8 Å². The molecule has 0 heterocycles. The van der Waals surface area contributed by atoms with Gasteiger partial charge >= 0.3 is 26.7 Å². The van der Waals surface area contributed by atoms with E-state index in [1.807, 2.05) is 18.2 Å². The molecule has 0 radical (unpaired) electrons. The zero-order valence-corrected chi connectivity index (χ0v) is 18.6. The fourth-order valence-electron chi connectivity index (χ4n) is 2.89. The van der Waals surface area contributed by atoms with Crippen LogP contribution in [0.5, 0.6) is 5.75 Å². The van der Waals surface area contributed by atoms with Crippen molar-refractivity contribution in [2.24, 2.45) is 11.8 Å². The molecule has 0 aliphatic carbocycles. The molecule has 0 saturated heterocycles. The van der Waals surface area contributed by atoms with Crippen molar-refractivity contribution in [2.45, 2.75) is 79.1 Å². The summed E-state index contributed by atoms with van der Waals surface area (Å²) in [6.07, 6.45) is 8.77. The Labute approximate surface area is 184 Å². The van der Waals surface area contributed by atoms with Crippen LogP contribution in [0.25, 0.3) is 0 Å². The molecule has 1 aromatic rings. The first-order valence-corrected chi connectivity index (χ1v) is 12.2. The average Bonchev–Trinajstić information content (AvgIpc) is 2.69. The minimum atomic E-state index is -3.64. The first kappa shape index (κ1) is 27.8. The molecule has 0 aliphatic rings.